The molecule has 2 heterocycles. The Labute approximate surface area is 342 Å². The molecule has 15 nitrogen and oxygen atoms in total. The Morgan fingerprint density at radius 2 is 0.932 bits per heavy atom. The van der Waals surface area contributed by atoms with Crippen molar-refractivity contribution in [2.45, 2.75) is 65.7 Å². The third-order valence-electron chi connectivity index (χ3n) is 7.27. The first-order valence-electron chi connectivity index (χ1n) is 18.5. The van der Waals surface area contributed by atoms with E-state index in [4.69, 9.17) is 5.84 Å². The number of nitrogens with one attached hydrogen (secondary N) is 6. The molecule has 308 valence electrons. The molecule has 8 N–H and O–H groups in total. The number of benzene rings is 4. The molecule has 0 bridgehead atoms. The van der Waals surface area contributed by atoms with Crippen LogP contribution in [0.4, 0.5) is 44.5 Å². The van der Waals surface area contributed by atoms with E-state index in [0.717, 1.165) is 11.1 Å². The van der Waals surface area contributed by atoms with Crippen LogP contribution in [0.2, 0.25) is 0 Å². The first-order chi connectivity index (χ1) is 28.2. The molecule has 0 aliphatic rings. The second kappa shape index (κ2) is 22.0. The zero-order valence-corrected chi connectivity index (χ0v) is 33.8. The van der Waals surface area contributed by atoms with Crippen molar-refractivity contribution >= 4 is 48.2 Å². The fourth-order valence-electron chi connectivity index (χ4n) is 4.67. The van der Waals surface area contributed by atoms with Crippen LogP contribution < -0.4 is 38.0 Å². The molecule has 0 unspecified atom stereocenters. The van der Waals surface area contributed by atoms with Crippen LogP contribution in [0.5, 0.6) is 0 Å². The van der Waals surface area contributed by atoms with Gasteiger partial charge in [0, 0.05) is 29.7 Å². The van der Waals surface area contributed by atoms with Gasteiger partial charge in [-0.25, -0.2) is 20.0 Å². The molecule has 0 spiro atoms. The number of carbonyl (C=O) groups is 1. The van der Waals surface area contributed by atoms with E-state index in [2.05, 4.69) is 67.1 Å². The Morgan fingerprint density at radius 1 is 0.542 bits per heavy atom. The van der Waals surface area contributed by atoms with Crippen LogP contribution in [0.25, 0.3) is 0 Å². The molecule has 0 atom stereocenters. The summed E-state index contributed by atoms with van der Waals surface area (Å²) in [5, 5.41) is 16.8. The molecule has 6 rings (SSSR count). The van der Waals surface area contributed by atoms with E-state index in [1.165, 1.54) is 24.4 Å². The van der Waals surface area contributed by atoms with E-state index in [9.17, 15) is 13.6 Å². The predicted molar refractivity (Wildman–Crippen MR) is 231 cm³/mol. The summed E-state index contributed by atoms with van der Waals surface area (Å²) < 4.78 is 26.1. The number of carbonyl (C=O) groups excluding carboxylic acids is 1. The van der Waals surface area contributed by atoms with Gasteiger partial charge >= 0.3 is 0 Å². The molecule has 0 radical (unpaired) electrons. The van der Waals surface area contributed by atoms with Gasteiger partial charge in [-0.3, -0.25) is 10.2 Å². The number of hydrogen-bond donors (Lipinski definition) is 7. The fourth-order valence-corrected chi connectivity index (χ4v) is 4.67. The van der Waals surface area contributed by atoms with Crippen LogP contribution in [-0.2, 0) is 13.1 Å². The number of aldehydes is 1. The lowest BCUT2D eigenvalue weighted by Gasteiger charge is -2.21. The Hall–Kier alpha value is -7.14. The molecule has 0 amide bonds. The number of nitrogens with zero attached hydrogens (tertiary/aromatic N) is 7. The van der Waals surface area contributed by atoms with Gasteiger partial charge in [-0.2, -0.15) is 35.0 Å². The van der Waals surface area contributed by atoms with Gasteiger partial charge in [0.05, 0.1) is 11.8 Å². The van der Waals surface area contributed by atoms with Gasteiger partial charge in [0.15, 0.2) is 6.29 Å². The highest BCUT2D eigenvalue weighted by Crippen LogP contribution is 2.16. The smallest absolute Gasteiger partial charge is 0.250 e. The van der Waals surface area contributed by atoms with Gasteiger partial charge in [-0.15, -0.1) is 0 Å². The quantitative estimate of drug-likeness (QED) is 0.0257. The van der Waals surface area contributed by atoms with Crippen LogP contribution >= 0.6 is 0 Å². The Morgan fingerprint density at radius 3 is 1.36 bits per heavy atom. The summed E-state index contributed by atoms with van der Waals surface area (Å²) in [7, 11) is 0. The summed E-state index contributed by atoms with van der Waals surface area (Å²) in [4.78, 5) is 35.8. The second-order valence-corrected chi connectivity index (χ2v) is 14.7. The van der Waals surface area contributed by atoms with Crippen LogP contribution in [0.1, 0.15) is 68.6 Å². The van der Waals surface area contributed by atoms with Crippen molar-refractivity contribution in [3.8, 4) is 0 Å². The van der Waals surface area contributed by atoms with Crippen LogP contribution in [-0.4, -0.2) is 53.5 Å². The number of hydrazone groups is 1. The molecular formula is C42H50F2N14O. The van der Waals surface area contributed by atoms with Crippen molar-refractivity contribution in [1.82, 2.24) is 29.9 Å². The van der Waals surface area contributed by atoms with E-state index in [0.29, 0.717) is 54.7 Å². The van der Waals surface area contributed by atoms with E-state index in [-0.39, 0.29) is 28.4 Å². The van der Waals surface area contributed by atoms with E-state index < -0.39 is 5.82 Å². The van der Waals surface area contributed by atoms with Gasteiger partial charge in [-0.1, -0.05) is 91.0 Å². The lowest BCUT2D eigenvalue weighted by molar-refractivity contribution is 0.111. The first-order valence-corrected chi connectivity index (χ1v) is 18.5. The minimum atomic E-state index is -0.465. The molecule has 59 heavy (non-hydrogen) atoms. The Balaban J connectivity index is 0.000000222. The van der Waals surface area contributed by atoms with Crippen molar-refractivity contribution in [2.24, 2.45) is 10.9 Å². The monoisotopic (exact) mass is 804 g/mol. The van der Waals surface area contributed by atoms with E-state index in [1.807, 2.05) is 102 Å². The van der Waals surface area contributed by atoms with Crippen molar-refractivity contribution < 1.29 is 13.6 Å². The maximum absolute atomic E-state index is 13.7. The minimum Gasteiger partial charge on any atom is -0.350 e. The summed E-state index contributed by atoms with van der Waals surface area (Å²) in [5.74, 6) is 6.89. The number of hydrazine groups is 1. The Bertz CT molecular complexity index is 2230. The lowest BCUT2D eigenvalue weighted by Crippen LogP contribution is -2.28. The summed E-state index contributed by atoms with van der Waals surface area (Å²) in [6, 6.07) is 32.2. The number of nitrogen functional groups attached to an aromatic ring is 1. The maximum atomic E-state index is 13.7. The highest BCUT2D eigenvalue weighted by Gasteiger charge is 2.15. The van der Waals surface area contributed by atoms with Crippen molar-refractivity contribution in [3.05, 3.63) is 143 Å². The molecule has 0 fully saturated rings. The van der Waals surface area contributed by atoms with Gasteiger partial charge in [-0.05, 0) is 70.9 Å². The summed E-state index contributed by atoms with van der Waals surface area (Å²) in [5.41, 5.74) is 7.54. The standard InChI is InChI=1S/C21H24FN7.C14H21N7.C7H5FO/c1-21(2,3)28-19-25-18(23-13-15-9-5-4-6-10-15)26-20(27-19)29-24-14-16-11-7-8-12-17(16)22;1-14(2,3)20-12-17-11(18-13(19-12)21-15)16-9-10-7-5-4-6-8-10;8-7-4-2-1-3-6(7)5-9/h4-12,14H,13H2,1-3H3,(H3,23,25,26,27,28,29);4-8H,9,15H2,1-3H3,(H3,16,17,18,19,20,21);1-5H/b24-14+;;. The summed E-state index contributed by atoms with van der Waals surface area (Å²) >= 11 is 0. The van der Waals surface area contributed by atoms with Crippen LogP contribution in [0, 0.1) is 11.6 Å². The summed E-state index contributed by atoms with van der Waals surface area (Å²) in [6.45, 7) is 13.3. The normalized spacial score (nSPS) is 10.9. The van der Waals surface area contributed by atoms with E-state index in [1.54, 1.807) is 30.3 Å². The highest BCUT2D eigenvalue weighted by atomic mass is 19.1. The number of anilines is 6. The molecule has 6 aromatic rings. The fraction of sp³-hybridized carbons (Fsp3) is 0.238. The SMILES string of the molecule is CC(C)(C)Nc1nc(NCc2ccccc2)nc(N/N=C/c2ccccc2F)n1.CC(C)(C)Nc1nc(NN)nc(NCc2ccccc2)n1.O=Cc1ccccc1F. The number of rotatable bonds is 13. The van der Waals surface area contributed by atoms with Gasteiger partial charge < -0.3 is 21.3 Å². The minimum absolute atomic E-state index is 0.109. The van der Waals surface area contributed by atoms with Crippen LogP contribution in [0.15, 0.2) is 114 Å². The molecule has 4 aromatic carbocycles. The Kier molecular flexibility index (Phi) is 16.6. The predicted octanol–water partition coefficient (Wildman–Crippen LogP) is 7.90. The molecular weight excluding hydrogens is 755 g/mol. The second-order valence-electron chi connectivity index (χ2n) is 14.7. The lowest BCUT2D eigenvalue weighted by atomic mass is 10.1. The number of halogens is 2. The number of aromatic nitrogens is 6. The average molecular weight is 805 g/mol. The first kappa shape index (κ1) is 44.6. The molecule has 0 aliphatic heterocycles. The topological polar surface area (TPSA) is 205 Å². The third-order valence-corrected chi connectivity index (χ3v) is 7.27. The average Bonchev–Trinajstić information content (AvgIpc) is 3.20. The molecule has 17 heteroatoms. The maximum Gasteiger partial charge on any atom is 0.250 e. The zero-order valence-electron chi connectivity index (χ0n) is 33.8. The summed E-state index contributed by atoms with van der Waals surface area (Å²) in [6.07, 6.45) is 1.88. The molecule has 0 aliphatic carbocycles. The van der Waals surface area contributed by atoms with Gasteiger partial charge in [0.25, 0.3) is 0 Å². The zero-order chi connectivity index (χ0) is 42.7. The van der Waals surface area contributed by atoms with Crippen molar-refractivity contribution in [1.29, 1.82) is 0 Å². The molecule has 0 saturated heterocycles. The largest absolute Gasteiger partial charge is 0.350 e. The van der Waals surface area contributed by atoms with Crippen LogP contribution in [0.3, 0.4) is 0 Å². The van der Waals surface area contributed by atoms with Crippen molar-refractivity contribution in [3.63, 3.8) is 0 Å². The van der Waals surface area contributed by atoms with Gasteiger partial charge in [0.1, 0.15) is 11.6 Å². The molecule has 2 aromatic heterocycles. The number of nitrogens with two attached hydrogens (primary N) is 1. The van der Waals surface area contributed by atoms with E-state index >= 15 is 0 Å². The van der Waals surface area contributed by atoms with Gasteiger partial charge in [0.2, 0.25) is 35.7 Å². The van der Waals surface area contributed by atoms with Crippen molar-refractivity contribution in [2.75, 3.05) is 32.1 Å². The third kappa shape index (κ3) is 16.9. The molecule has 0 saturated carbocycles. The highest BCUT2D eigenvalue weighted by molar-refractivity contribution is 5.80. The number of hydrogen-bond acceptors (Lipinski definition) is 15.